The van der Waals surface area contributed by atoms with Gasteiger partial charge in [0.15, 0.2) is 0 Å². The normalized spacial score (nSPS) is 19.8. The standard InChI is InChI=1S/C27H32ClF3IN3O3/c28-23-6-5-22(15-20(23)16-32)33-25(37)35-13-9-26(38,10-14-35)24(36)17-34-11-7-19(8-12-34)18-1-3-21(4-2-18)27(29,30)31/h1-6,15,19,24,36,38H,7-14,16-17H2,(H,33,37). The number of amides is 2. The lowest BCUT2D eigenvalue weighted by Crippen LogP contribution is -2.56. The van der Waals surface area contributed by atoms with E-state index >= 15 is 0 Å². The number of nitrogens with zero attached hydrogens (tertiary/aromatic N) is 2. The molecule has 0 spiro atoms. The van der Waals surface area contributed by atoms with Crippen LogP contribution in [0.5, 0.6) is 0 Å². The van der Waals surface area contributed by atoms with Gasteiger partial charge in [0.1, 0.15) is 0 Å². The SMILES string of the molecule is O=C(Nc1ccc(Cl)c(CI)c1)N1CCC(O)(C(O)CN2CCC(c3ccc(C(F)(F)F)cc3)CC2)CC1. The molecule has 11 heteroatoms. The van der Waals surface area contributed by atoms with E-state index in [0.29, 0.717) is 43.4 Å². The third-order valence-electron chi connectivity index (χ3n) is 7.71. The number of urea groups is 1. The van der Waals surface area contributed by atoms with E-state index in [-0.39, 0.29) is 24.8 Å². The highest BCUT2D eigenvalue weighted by atomic mass is 127. The minimum atomic E-state index is -4.34. The molecule has 2 amide bonds. The Morgan fingerprint density at radius 1 is 1.11 bits per heavy atom. The number of anilines is 1. The van der Waals surface area contributed by atoms with Crippen LogP contribution in [0.1, 0.15) is 48.3 Å². The molecule has 208 valence electrons. The number of carbonyl (C=O) groups excluding carboxylic acids is 1. The van der Waals surface area contributed by atoms with Crippen molar-refractivity contribution in [3.8, 4) is 0 Å². The first-order valence-electron chi connectivity index (χ1n) is 12.7. The monoisotopic (exact) mass is 665 g/mol. The molecule has 1 unspecified atom stereocenters. The molecule has 2 heterocycles. The Bertz CT molecular complexity index is 1100. The molecule has 6 nitrogen and oxygen atoms in total. The number of aliphatic hydroxyl groups is 2. The molecule has 0 radical (unpaired) electrons. The maximum Gasteiger partial charge on any atom is 0.416 e. The molecule has 2 saturated heterocycles. The molecule has 38 heavy (non-hydrogen) atoms. The summed E-state index contributed by atoms with van der Waals surface area (Å²) >= 11 is 8.36. The summed E-state index contributed by atoms with van der Waals surface area (Å²) in [6, 6.07) is 10.5. The molecule has 0 bridgehead atoms. The minimum Gasteiger partial charge on any atom is -0.389 e. The summed E-state index contributed by atoms with van der Waals surface area (Å²) in [4.78, 5) is 16.5. The molecule has 1 atom stereocenters. The first-order chi connectivity index (χ1) is 18.0. The van der Waals surface area contributed by atoms with Crippen LogP contribution in [0.4, 0.5) is 23.7 Å². The van der Waals surface area contributed by atoms with Gasteiger partial charge in [0.2, 0.25) is 0 Å². The summed E-state index contributed by atoms with van der Waals surface area (Å²) in [7, 11) is 0. The van der Waals surface area contributed by atoms with E-state index in [1.54, 1.807) is 29.2 Å². The van der Waals surface area contributed by atoms with Gasteiger partial charge in [-0.05, 0) is 86.1 Å². The second-order valence-electron chi connectivity index (χ2n) is 10.2. The average Bonchev–Trinajstić information content (AvgIpc) is 2.90. The van der Waals surface area contributed by atoms with Crippen LogP contribution in [0.2, 0.25) is 5.02 Å². The summed E-state index contributed by atoms with van der Waals surface area (Å²) in [5, 5.41) is 25.6. The summed E-state index contributed by atoms with van der Waals surface area (Å²) < 4.78 is 39.2. The maximum absolute atomic E-state index is 12.8. The summed E-state index contributed by atoms with van der Waals surface area (Å²) in [5.74, 6) is 0.170. The van der Waals surface area contributed by atoms with Crippen LogP contribution >= 0.6 is 34.2 Å². The summed E-state index contributed by atoms with van der Waals surface area (Å²) in [6.07, 6.45) is -3.22. The van der Waals surface area contributed by atoms with Crippen LogP contribution in [0.25, 0.3) is 0 Å². The zero-order chi connectivity index (χ0) is 27.5. The second-order valence-corrected chi connectivity index (χ2v) is 11.3. The molecule has 2 aromatic rings. The van der Waals surface area contributed by atoms with Crippen molar-refractivity contribution in [2.45, 2.75) is 53.9 Å². The lowest BCUT2D eigenvalue weighted by molar-refractivity contribution is -0.137. The fraction of sp³-hybridized carbons (Fsp3) is 0.519. The molecular weight excluding hydrogens is 634 g/mol. The highest BCUT2D eigenvalue weighted by Gasteiger charge is 2.41. The van der Waals surface area contributed by atoms with E-state index < -0.39 is 23.4 Å². The van der Waals surface area contributed by atoms with Crippen LogP contribution < -0.4 is 5.32 Å². The van der Waals surface area contributed by atoms with E-state index in [1.165, 1.54) is 0 Å². The summed E-state index contributed by atoms with van der Waals surface area (Å²) in [5.41, 5.74) is 0.562. The number of nitrogens with one attached hydrogen (secondary N) is 1. The zero-order valence-corrected chi connectivity index (χ0v) is 23.8. The number of likely N-dealkylation sites (tertiary alicyclic amines) is 2. The molecule has 2 aromatic carbocycles. The molecule has 2 fully saturated rings. The van der Waals surface area contributed by atoms with Crippen LogP contribution in [0, 0.1) is 0 Å². The molecule has 2 aliphatic heterocycles. The Kier molecular flexibility index (Phi) is 9.50. The van der Waals surface area contributed by atoms with Crippen molar-refractivity contribution in [3.05, 3.63) is 64.2 Å². The van der Waals surface area contributed by atoms with Gasteiger partial charge in [0.25, 0.3) is 0 Å². The van der Waals surface area contributed by atoms with Crippen molar-refractivity contribution < 1.29 is 28.2 Å². The molecule has 3 N–H and O–H groups in total. The van der Waals surface area contributed by atoms with Crippen molar-refractivity contribution in [1.82, 2.24) is 9.80 Å². The predicted molar refractivity (Wildman–Crippen MR) is 150 cm³/mol. The fourth-order valence-corrected chi connectivity index (χ4v) is 6.24. The maximum atomic E-state index is 12.8. The van der Waals surface area contributed by atoms with Gasteiger partial charge in [0, 0.05) is 34.8 Å². The van der Waals surface area contributed by atoms with Gasteiger partial charge in [-0.1, -0.05) is 46.3 Å². The molecule has 0 saturated carbocycles. The Labute approximate surface area is 239 Å². The van der Waals surface area contributed by atoms with Gasteiger partial charge >= 0.3 is 12.2 Å². The zero-order valence-electron chi connectivity index (χ0n) is 20.9. The van der Waals surface area contributed by atoms with Crippen LogP contribution in [-0.4, -0.2) is 70.5 Å². The number of hydrogen-bond donors (Lipinski definition) is 3. The molecule has 4 rings (SSSR count). The molecular formula is C27H32ClF3IN3O3. The smallest absolute Gasteiger partial charge is 0.389 e. The summed E-state index contributed by atoms with van der Waals surface area (Å²) in [6.45, 7) is 2.33. The fourth-order valence-electron chi connectivity index (χ4n) is 5.20. The first kappa shape index (κ1) is 29.4. The quantitative estimate of drug-likeness (QED) is 0.266. The highest BCUT2D eigenvalue weighted by Crippen LogP contribution is 2.34. The molecule has 0 aliphatic carbocycles. The third kappa shape index (κ3) is 7.12. The van der Waals surface area contributed by atoms with E-state index in [1.807, 2.05) is 6.07 Å². The Morgan fingerprint density at radius 3 is 2.32 bits per heavy atom. The van der Waals surface area contributed by atoms with Crippen LogP contribution in [0.15, 0.2) is 42.5 Å². The van der Waals surface area contributed by atoms with E-state index in [9.17, 15) is 28.2 Å². The number of rotatable bonds is 6. The number of alkyl halides is 4. The van der Waals surface area contributed by atoms with Gasteiger partial charge in [0.05, 0.1) is 17.3 Å². The topological polar surface area (TPSA) is 76.0 Å². The van der Waals surface area contributed by atoms with Gasteiger partial charge in [-0.2, -0.15) is 13.2 Å². The lowest BCUT2D eigenvalue weighted by atomic mass is 9.84. The Balaban J connectivity index is 1.23. The number of aliphatic hydroxyl groups excluding tert-OH is 1. The number of halogens is 5. The van der Waals surface area contributed by atoms with Crippen LogP contribution in [-0.2, 0) is 10.6 Å². The van der Waals surface area contributed by atoms with Crippen molar-refractivity contribution in [1.29, 1.82) is 0 Å². The average molecular weight is 666 g/mol. The van der Waals surface area contributed by atoms with E-state index in [0.717, 1.165) is 40.5 Å². The number of carbonyl (C=O) groups is 1. The van der Waals surface area contributed by atoms with Gasteiger partial charge in [-0.15, -0.1) is 0 Å². The number of benzene rings is 2. The van der Waals surface area contributed by atoms with Crippen molar-refractivity contribution in [3.63, 3.8) is 0 Å². The minimum absolute atomic E-state index is 0.170. The first-order valence-corrected chi connectivity index (χ1v) is 14.6. The van der Waals surface area contributed by atoms with Crippen molar-refractivity contribution in [2.75, 3.05) is 38.0 Å². The van der Waals surface area contributed by atoms with Crippen molar-refractivity contribution >= 4 is 45.9 Å². The Hall–Kier alpha value is -1.60. The number of hydrogen-bond acceptors (Lipinski definition) is 4. The molecule has 0 aromatic heterocycles. The third-order valence-corrected chi connectivity index (χ3v) is 8.90. The highest BCUT2D eigenvalue weighted by molar-refractivity contribution is 14.1. The van der Waals surface area contributed by atoms with Crippen LogP contribution in [0.3, 0.4) is 0 Å². The largest absolute Gasteiger partial charge is 0.416 e. The number of β-amino-alcohol motifs (C(OH)–C–C–N with tert-alkyl or cyclic N) is 1. The van der Waals surface area contributed by atoms with Gasteiger partial charge in [-0.3, -0.25) is 0 Å². The second kappa shape index (κ2) is 12.3. The molecule has 2 aliphatic rings. The van der Waals surface area contributed by atoms with Gasteiger partial charge in [-0.25, -0.2) is 4.79 Å². The Morgan fingerprint density at radius 2 is 1.74 bits per heavy atom. The number of piperidine rings is 2. The van der Waals surface area contributed by atoms with Gasteiger partial charge < -0.3 is 25.3 Å². The van der Waals surface area contributed by atoms with Crippen molar-refractivity contribution in [2.24, 2.45) is 0 Å². The predicted octanol–water partition coefficient (Wildman–Crippen LogP) is 5.89. The van der Waals surface area contributed by atoms with E-state index in [2.05, 4.69) is 32.8 Å². The lowest BCUT2D eigenvalue weighted by Gasteiger charge is -2.43. The van der Waals surface area contributed by atoms with E-state index in [4.69, 9.17) is 11.6 Å².